The summed E-state index contributed by atoms with van der Waals surface area (Å²) in [6.45, 7) is 3.59. The highest BCUT2D eigenvalue weighted by Gasteiger charge is 2.13. The molecule has 0 bridgehead atoms. The molecule has 0 aliphatic heterocycles. The van der Waals surface area contributed by atoms with Gasteiger partial charge in [-0.3, -0.25) is 10.1 Å². The number of rotatable bonds is 8. The zero-order valence-corrected chi connectivity index (χ0v) is 10.3. The lowest BCUT2D eigenvalue weighted by atomic mass is 10.2. The predicted octanol–water partition coefficient (Wildman–Crippen LogP) is 2.96. The maximum atomic E-state index is 13.0. The summed E-state index contributed by atoms with van der Waals surface area (Å²) in [7, 11) is 0. The van der Waals surface area contributed by atoms with Crippen LogP contribution in [-0.4, -0.2) is 24.7 Å². The van der Waals surface area contributed by atoms with Crippen LogP contribution in [0.5, 0.6) is 0 Å². The summed E-state index contributed by atoms with van der Waals surface area (Å²) in [6.07, 6.45) is 2.04. The van der Waals surface area contributed by atoms with Crippen LogP contribution in [0, 0.1) is 15.9 Å². The third kappa shape index (κ3) is 4.67. The third-order valence-corrected chi connectivity index (χ3v) is 2.36. The fourth-order valence-corrected chi connectivity index (χ4v) is 1.42. The molecular formula is C12H17FN2O3. The first kappa shape index (κ1) is 14.4. The second-order valence-electron chi connectivity index (χ2n) is 3.81. The van der Waals surface area contributed by atoms with Gasteiger partial charge in [-0.05, 0) is 12.5 Å². The van der Waals surface area contributed by atoms with E-state index >= 15 is 0 Å². The Bertz CT molecular complexity index is 399. The van der Waals surface area contributed by atoms with E-state index in [-0.39, 0.29) is 11.4 Å². The van der Waals surface area contributed by atoms with Crippen molar-refractivity contribution >= 4 is 11.4 Å². The van der Waals surface area contributed by atoms with Crippen LogP contribution in [-0.2, 0) is 4.74 Å². The molecule has 0 spiro atoms. The molecule has 0 aromatic heterocycles. The molecule has 100 valence electrons. The lowest BCUT2D eigenvalue weighted by Crippen LogP contribution is -2.11. The molecule has 1 rings (SSSR count). The van der Waals surface area contributed by atoms with Crippen LogP contribution in [0.2, 0.25) is 0 Å². The Kier molecular flexibility index (Phi) is 6.07. The van der Waals surface area contributed by atoms with E-state index in [9.17, 15) is 14.5 Å². The predicted molar refractivity (Wildman–Crippen MR) is 67.3 cm³/mol. The largest absolute Gasteiger partial charge is 0.380 e. The molecule has 18 heavy (non-hydrogen) atoms. The van der Waals surface area contributed by atoms with Crippen molar-refractivity contribution in [2.24, 2.45) is 0 Å². The van der Waals surface area contributed by atoms with E-state index in [1.54, 1.807) is 0 Å². The Morgan fingerprint density at radius 2 is 2.22 bits per heavy atom. The quantitative estimate of drug-likeness (QED) is 0.441. The molecule has 0 aliphatic rings. The third-order valence-electron chi connectivity index (χ3n) is 2.36. The molecule has 1 aromatic carbocycles. The van der Waals surface area contributed by atoms with E-state index in [0.717, 1.165) is 31.0 Å². The summed E-state index contributed by atoms with van der Waals surface area (Å²) in [6, 6.07) is 3.33. The standard InChI is InChI=1S/C12H17FN2O3/c1-2-3-7-18-8-6-14-11-9-10(13)4-5-12(11)15(16)17/h4-5,9,14H,2-3,6-8H2,1H3. The number of hydrogen-bond donors (Lipinski definition) is 1. The number of ether oxygens (including phenoxy) is 1. The van der Waals surface area contributed by atoms with Crippen LogP contribution in [0.25, 0.3) is 0 Å². The number of benzene rings is 1. The van der Waals surface area contributed by atoms with Gasteiger partial charge < -0.3 is 10.1 Å². The van der Waals surface area contributed by atoms with E-state index in [2.05, 4.69) is 12.2 Å². The maximum Gasteiger partial charge on any atom is 0.292 e. The first-order valence-corrected chi connectivity index (χ1v) is 5.90. The van der Waals surface area contributed by atoms with Gasteiger partial charge >= 0.3 is 0 Å². The van der Waals surface area contributed by atoms with Crippen LogP contribution in [0.3, 0.4) is 0 Å². The van der Waals surface area contributed by atoms with Crippen LogP contribution in [0.4, 0.5) is 15.8 Å². The van der Waals surface area contributed by atoms with Crippen molar-refractivity contribution in [2.45, 2.75) is 19.8 Å². The van der Waals surface area contributed by atoms with Crippen LogP contribution in [0.1, 0.15) is 19.8 Å². The van der Waals surface area contributed by atoms with Crippen molar-refractivity contribution in [3.8, 4) is 0 Å². The van der Waals surface area contributed by atoms with Crippen LogP contribution >= 0.6 is 0 Å². The van der Waals surface area contributed by atoms with E-state index < -0.39 is 10.7 Å². The topological polar surface area (TPSA) is 64.4 Å². The number of anilines is 1. The highest BCUT2D eigenvalue weighted by atomic mass is 19.1. The summed E-state index contributed by atoms with van der Waals surface area (Å²) >= 11 is 0. The molecule has 0 amide bonds. The average molecular weight is 256 g/mol. The van der Waals surface area contributed by atoms with Crippen molar-refractivity contribution in [3.63, 3.8) is 0 Å². The Morgan fingerprint density at radius 1 is 1.44 bits per heavy atom. The molecule has 0 aliphatic carbocycles. The van der Waals surface area contributed by atoms with Gasteiger partial charge in [0.15, 0.2) is 0 Å². The monoisotopic (exact) mass is 256 g/mol. The molecule has 0 saturated carbocycles. The molecule has 1 aromatic rings. The van der Waals surface area contributed by atoms with E-state index in [1.807, 2.05) is 0 Å². The van der Waals surface area contributed by atoms with E-state index in [0.29, 0.717) is 19.8 Å². The van der Waals surface area contributed by atoms with Gasteiger partial charge in [0.1, 0.15) is 11.5 Å². The minimum absolute atomic E-state index is 0.134. The zero-order valence-electron chi connectivity index (χ0n) is 10.3. The first-order chi connectivity index (χ1) is 8.65. The number of nitro benzene ring substituents is 1. The molecule has 0 atom stereocenters. The van der Waals surface area contributed by atoms with Crippen LogP contribution in [0.15, 0.2) is 18.2 Å². The molecule has 0 heterocycles. The molecular weight excluding hydrogens is 239 g/mol. The summed E-state index contributed by atoms with van der Waals surface area (Å²) < 4.78 is 18.3. The Labute approximate surface area is 105 Å². The van der Waals surface area contributed by atoms with Gasteiger partial charge in [-0.25, -0.2) is 4.39 Å². The number of nitrogens with one attached hydrogen (secondary N) is 1. The molecule has 6 heteroatoms. The maximum absolute atomic E-state index is 13.0. The second kappa shape index (κ2) is 7.60. The highest BCUT2D eigenvalue weighted by Crippen LogP contribution is 2.24. The second-order valence-corrected chi connectivity index (χ2v) is 3.81. The minimum atomic E-state index is -0.542. The lowest BCUT2D eigenvalue weighted by molar-refractivity contribution is -0.384. The number of nitro groups is 1. The van der Waals surface area contributed by atoms with Gasteiger partial charge in [0.2, 0.25) is 0 Å². The molecule has 5 nitrogen and oxygen atoms in total. The number of halogens is 1. The zero-order chi connectivity index (χ0) is 13.4. The van der Waals surface area contributed by atoms with Gasteiger partial charge in [0.25, 0.3) is 5.69 Å². The number of nitrogens with zero attached hydrogens (tertiary/aromatic N) is 1. The lowest BCUT2D eigenvalue weighted by Gasteiger charge is -2.07. The van der Waals surface area contributed by atoms with E-state index in [4.69, 9.17) is 4.74 Å². The van der Waals surface area contributed by atoms with Gasteiger partial charge in [0, 0.05) is 25.3 Å². The number of unbranched alkanes of at least 4 members (excludes halogenated alkanes) is 1. The average Bonchev–Trinajstić information content (AvgIpc) is 2.33. The normalized spacial score (nSPS) is 10.3. The molecule has 0 radical (unpaired) electrons. The van der Waals surface area contributed by atoms with Gasteiger partial charge in [-0.1, -0.05) is 13.3 Å². The fraction of sp³-hybridized carbons (Fsp3) is 0.500. The summed E-state index contributed by atoms with van der Waals surface area (Å²) in [5.74, 6) is -0.505. The Morgan fingerprint density at radius 3 is 2.89 bits per heavy atom. The van der Waals surface area contributed by atoms with E-state index in [1.165, 1.54) is 0 Å². The molecule has 1 N–H and O–H groups in total. The van der Waals surface area contributed by atoms with Crippen LogP contribution < -0.4 is 5.32 Å². The molecule has 0 unspecified atom stereocenters. The van der Waals surface area contributed by atoms with Crippen molar-refractivity contribution in [2.75, 3.05) is 25.1 Å². The van der Waals surface area contributed by atoms with Gasteiger partial charge in [-0.2, -0.15) is 0 Å². The van der Waals surface area contributed by atoms with Gasteiger partial charge in [-0.15, -0.1) is 0 Å². The molecule has 0 saturated heterocycles. The Hall–Kier alpha value is -1.69. The first-order valence-electron chi connectivity index (χ1n) is 5.90. The van der Waals surface area contributed by atoms with Gasteiger partial charge in [0.05, 0.1) is 11.5 Å². The Balaban J connectivity index is 2.45. The van der Waals surface area contributed by atoms with Crippen molar-refractivity contribution in [3.05, 3.63) is 34.1 Å². The van der Waals surface area contributed by atoms with Crippen molar-refractivity contribution in [1.82, 2.24) is 0 Å². The van der Waals surface area contributed by atoms with Crippen molar-refractivity contribution < 1.29 is 14.1 Å². The van der Waals surface area contributed by atoms with Crippen molar-refractivity contribution in [1.29, 1.82) is 0 Å². The SMILES string of the molecule is CCCCOCCNc1cc(F)ccc1[N+](=O)[O-]. The summed E-state index contributed by atoms with van der Waals surface area (Å²) in [4.78, 5) is 10.2. The highest BCUT2D eigenvalue weighted by molar-refractivity contribution is 5.61. The fourth-order valence-electron chi connectivity index (χ4n) is 1.42. The summed E-state index contributed by atoms with van der Waals surface area (Å²) in [5.41, 5.74) is 0.0454. The smallest absolute Gasteiger partial charge is 0.292 e. The molecule has 0 fully saturated rings. The minimum Gasteiger partial charge on any atom is -0.380 e. The number of hydrogen-bond acceptors (Lipinski definition) is 4. The summed E-state index contributed by atoms with van der Waals surface area (Å²) in [5, 5.41) is 13.5.